The third kappa shape index (κ3) is 2.80. The van der Waals surface area contributed by atoms with E-state index in [-0.39, 0.29) is 11.6 Å². The Bertz CT molecular complexity index is 913. The first-order chi connectivity index (χ1) is 11.0. The second-order valence-electron chi connectivity index (χ2n) is 4.91. The van der Waals surface area contributed by atoms with Crippen molar-refractivity contribution in [3.8, 4) is 5.69 Å². The van der Waals surface area contributed by atoms with E-state index in [1.807, 2.05) is 0 Å². The van der Waals surface area contributed by atoms with E-state index >= 15 is 0 Å². The van der Waals surface area contributed by atoms with Gasteiger partial charge in [-0.1, -0.05) is 6.58 Å². The first-order valence-electron chi connectivity index (χ1n) is 6.73. The number of fused-ring (bicyclic) bond motifs is 1. The summed E-state index contributed by atoms with van der Waals surface area (Å²) in [6, 6.07) is 4.82. The molecule has 3 rings (SSSR count). The minimum Gasteiger partial charge on any atom is -0.321 e. The molecule has 0 bridgehead atoms. The maximum atomic E-state index is 13.4. The monoisotopic (exact) mass is 314 g/mol. The summed E-state index contributed by atoms with van der Waals surface area (Å²) >= 11 is 0. The molecule has 116 valence electrons. The van der Waals surface area contributed by atoms with Crippen LogP contribution in [-0.2, 0) is 4.79 Å². The average Bonchev–Trinajstić information content (AvgIpc) is 2.83. The molecule has 0 atom stereocenters. The molecule has 5 nitrogen and oxygen atoms in total. The molecule has 0 spiro atoms. The van der Waals surface area contributed by atoms with E-state index in [4.69, 9.17) is 0 Å². The van der Waals surface area contributed by atoms with Crippen LogP contribution in [0.5, 0.6) is 0 Å². The van der Waals surface area contributed by atoms with Gasteiger partial charge in [0.1, 0.15) is 11.6 Å². The van der Waals surface area contributed by atoms with Crippen molar-refractivity contribution in [2.45, 2.75) is 6.92 Å². The zero-order valence-corrected chi connectivity index (χ0v) is 12.2. The number of nitrogens with zero attached hydrogens (tertiary/aromatic N) is 3. The van der Waals surface area contributed by atoms with Crippen LogP contribution in [0, 0.1) is 18.6 Å². The molecular formula is C16H12F2N4O. The van der Waals surface area contributed by atoms with Crippen molar-refractivity contribution in [2.75, 3.05) is 5.32 Å². The highest BCUT2D eigenvalue weighted by Gasteiger charge is 2.13. The summed E-state index contributed by atoms with van der Waals surface area (Å²) in [4.78, 5) is 15.6. The Kier molecular flexibility index (Phi) is 3.61. The molecule has 0 unspecified atom stereocenters. The van der Waals surface area contributed by atoms with Crippen molar-refractivity contribution in [1.82, 2.24) is 14.8 Å². The van der Waals surface area contributed by atoms with Gasteiger partial charge in [0, 0.05) is 11.5 Å². The first-order valence-corrected chi connectivity index (χ1v) is 6.73. The van der Waals surface area contributed by atoms with Gasteiger partial charge in [-0.15, -0.1) is 0 Å². The van der Waals surface area contributed by atoms with Crippen LogP contribution in [0.3, 0.4) is 0 Å². The van der Waals surface area contributed by atoms with Crippen LogP contribution >= 0.6 is 0 Å². The molecule has 1 amide bonds. The zero-order valence-electron chi connectivity index (χ0n) is 12.2. The molecular weight excluding hydrogens is 302 g/mol. The summed E-state index contributed by atoms with van der Waals surface area (Å²) in [5.41, 5.74) is 1.77. The van der Waals surface area contributed by atoms with Crippen LogP contribution in [-0.4, -0.2) is 20.7 Å². The molecule has 1 aromatic carbocycles. The van der Waals surface area contributed by atoms with Gasteiger partial charge < -0.3 is 5.32 Å². The summed E-state index contributed by atoms with van der Waals surface area (Å²) in [7, 11) is 0. The number of nitrogens with one attached hydrogen (secondary N) is 1. The molecule has 23 heavy (non-hydrogen) atoms. The van der Waals surface area contributed by atoms with Gasteiger partial charge in [-0.3, -0.25) is 4.79 Å². The number of hydrogen-bond donors (Lipinski definition) is 1. The largest absolute Gasteiger partial charge is 0.321 e. The summed E-state index contributed by atoms with van der Waals surface area (Å²) < 4.78 is 28.2. The van der Waals surface area contributed by atoms with Gasteiger partial charge in [0.05, 0.1) is 23.3 Å². The number of benzene rings is 1. The van der Waals surface area contributed by atoms with Crippen LogP contribution in [0.15, 0.2) is 43.1 Å². The Morgan fingerprint density at radius 1 is 1.26 bits per heavy atom. The Balaban J connectivity index is 2.13. The van der Waals surface area contributed by atoms with Crippen LogP contribution in [0.2, 0.25) is 0 Å². The van der Waals surface area contributed by atoms with Gasteiger partial charge in [-0.25, -0.2) is 18.4 Å². The summed E-state index contributed by atoms with van der Waals surface area (Å²) in [5, 5.41) is 7.54. The lowest BCUT2D eigenvalue weighted by molar-refractivity contribution is -0.111. The molecule has 0 saturated carbocycles. The Hall–Kier alpha value is -3.09. The molecule has 2 aromatic heterocycles. The van der Waals surface area contributed by atoms with Crippen molar-refractivity contribution in [2.24, 2.45) is 0 Å². The minimum absolute atomic E-state index is 0.232. The predicted octanol–water partition coefficient (Wildman–Crippen LogP) is 3.13. The number of amides is 1. The fraction of sp³-hybridized carbons (Fsp3) is 0.0625. The van der Waals surface area contributed by atoms with E-state index < -0.39 is 11.6 Å². The van der Waals surface area contributed by atoms with E-state index in [1.165, 1.54) is 23.0 Å². The van der Waals surface area contributed by atoms with E-state index in [1.54, 1.807) is 13.0 Å². The lowest BCUT2D eigenvalue weighted by Crippen LogP contribution is -2.07. The lowest BCUT2D eigenvalue weighted by atomic mass is 10.2. The highest BCUT2D eigenvalue weighted by atomic mass is 19.1. The molecule has 0 saturated heterocycles. The van der Waals surface area contributed by atoms with E-state index in [0.29, 0.717) is 22.4 Å². The van der Waals surface area contributed by atoms with Crippen molar-refractivity contribution in [3.63, 3.8) is 0 Å². The minimum atomic E-state index is -0.698. The standard InChI is InChI=1S/C16H12F2N4O/c1-3-15(23)20-12-7-14-9(2)21-22(16(14)19-8-12)13-5-10(17)4-11(18)6-13/h3-8H,1H2,2H3,(H,20,23). The molecule has 7 heteroatoms. The van der Waals surface area contributed by atoms with Crippen LogP contribution in [0.1, 0.15) is 5.69 Å². The van der Waals surface area contributed by atoms with Crippen LogP contribution in [0.4, 0.5) is 14.5 Å². The highest BCUT2D eigenvalue weighted by Crippen LogP contribution is 2.23. The Morgan fingerprint density at radius 3 is 2.61 bits per heavy atom. The summed E-state index contributed by atoms with van der Waals surface area (Å²) in [6.45, 7) is 5.12. The summed E-state index contributed by atoms with van der Waals surface area (Å²) in [6.07, 6.45) is 2.59. The van der Waals surface area contributed by atoms with Crippen molar-refractivity contribution in [1.29, 1.82) is 0 Å². The quantitative estimate of drug-likeness (QED) is 0.756. The number of halogens is 2. The number of carbonyl (C=O) groups excluding carboxylic acids is 1. The van der Waals surface area contributed by atoms with Gasteiger partial charge in [-0.05, 0) is 31.2 Å². The highest BCUT2D eigenvalue weighted by molar-refractivity contribution is 6.00. The third-order valence-electron chi connectivity index (χ3n) is 3.25. The fourth-order valence-corrected chi connectivity index (χ4v) is 2.25. The van der Waals surface area contributed by atoms with Crippen LogP contribution < -0.4 is 5.32 Å². The number of aryl methyl sites for hydroxylation is 1. The van der Waals surface area contributed by atoms with Gasteiger partial charge in [0.2, 0.25) is 5.91 Å². The lowest BCUT2D eigenvalue weighted by Gasteiger charge is -2.05. The number of pyridine rings is 1. The maximum absolute atomic E-state index is 13.4. The first kappa shape index (κ1) is 14.8. The van der Waals surface area contributed by atoms with E-state index in [9.17, 15) is 13.6 Å². The molecule has 3 aromatic rings. The topological polar surface area (TPSA) is 59.8 Å². The Morgan fingerprint density at radius 2 is 1.96 bits per heavy atom. The molecule has 1 N–H and O–H groups in total. The molecule has 0 aliphatic heterocycles. The summed E-state index contributed by atoms with van der Waals surface area (Å²) in [5.74, 6) is -1.75. The molecule has 2 heterocycles. The van der Waals surface area contributed by atoms with Crippen molar-refractivity contribution < 1.29 is 13.6 Å². The molecule has 0 fully saturated rings. The normalized spacial score (nSPS) is 10.7. The van der Waals surface area contributed by atoms with Gasteiger partial charge in [0.15, 0.2) is 5.65 Å². The third-order valence-corrected chi connectivity index (χ3v) is 3.25. The number of rotatable bonds is 3. The fourth-order valence-electron chi connectivity index (χ4n) is 2.25. The van der Waals surface area contributed by atoms with Gasteiger partial charge in [0.25, 0.3) is 0 Å². The number of anilines is 1. The van der Waals surface area contributed by atoms with Crippen LogP contribution in [0.25, 0.3) is 16.7 Å². The second-order valence-corrected chi connectivity index (χ2v) is 4.91. The average molecular weight is 314 g/mol. The predicted molar refractivity (Wildman–Crippen MR) is 82.3 cm³/mol. The van der Waals surface area contributed by atoms with Crippen molar-refractivity contribution >= 4 is 22.6 Å². The maximum Gasteiger partial charge on any atom is 0.247 e. The second kappa shape index (κ2) is 5.60. The van der Waals surface area contributed by atoms with Crippen molar-refractivity contribution in [3.05, 3.63) is 60.4 Å². The SMILES string of the molecule is C=CC(=O)Nc1cnc2c(c1)c(C)nn2-c1cc(F)cc(F)c1. The zero-order chi connectivity index (χ0) is 16.6. The van der Waals surface area contributed by atoms with E-state index in [2.05, 4.69) is 22.0 Å². The number of aromatic nitrogens is 3. The molecule has 0 aliphatic carbocycles. The molecule has 0 radical (unpaired) electrons. The smallest absolute Gasteiger partial charge is 0.247 e. The Labute approximate surface area is 130 Å². The van der Waals surface area contributed by atoms with Gasteiger partial charge in [-0.2, -0.15) is 5.10 Å². The molecule has 0 aliphatic rings. The van der Waals surface area contributed by atoms with Gasteiger partial charge >= 0.3 is 0 Å². The number of carbonyl (C=O) groups is 1. The van der Waals surface area contributed by atoms with E-state index in [0.717, 1.165) is 12.1 Å². The number of hydrogen-bond acceptors (Lipinski definition) is 3.